The summed E-state index contributed by atoms with van der Waals surface area (Å²) in [7, 11) is 0. The molecule has 1 N–H and O–H groups in total. The van der Waals surface area contributed by atoms with E-state index < -0.39 is 0 Å². The van der Waals surface area contributed by atoms with Crippen LogP contribution in [0.3, 0.4) is 0 Å². The minimum atomic E-state index is 0.772. The predicted molar refractivity (Wildman–Crippen MR) is 75.3 cm³/mol. The van der Waals surface area contributed by atoms with E-state index in [4.69, 9.17) is 0 Å². The molecule has 0 bridgehead atoms. The lowest BCUT2D eigenvalue weighted by Gasteiger charge is -2.22. The molecule has 0 saturated carbocycles. The number of hydrogen-bond donors (Lipinski definition) is 1. The molecule has 0 radical (unpaired) electrons. The minimum Gasteiger partial charge on any atom is -0.313 e. The van der Waals surface area contributed by atoms with Crippen molar-refractivity contribution in [1.29, 1.82) is 0 Å². The molecule has 2 heterocycles. The zero-order chi connectivity index (χ0) is 12.8. The molecule has 0 aromatic carbocycles. The third-order valence-electron chi connectivity index (χ3n) is 3.80. The van der Waals surface area contributed by atoms with Crippen molar-refractivity contribution in [2.75, 3.05) is 13.1 Å². The molecule has 0 spiro atoms. The van der Waals surface area contributed by atoms with Crippen LogP contribution in [-0.2, 0) is 13.1 Å². The Morgan fingerprint density at radius 2 is 2.28 bits per heavy atom. The Morgan fingerprint density at radius 1 is 1.39 bits per heavy atom. The highest BCUT2D eigenvalue weighted by molar-refractivity contribution is 5.14. The fourth-order valence-corrected chi connectivity index (χ4v) is 2.70. The van der Waals surface area contributed by atoms with Crippen LogP contribution in [-0.4, -0.2) is 29.0 Å². The van der Waals surface area contributed by atoms with Gasteiger partial charge in [0.15, 0.2) is 0 Å². The van der Waals surface area contributed by atoms with Crippen LogP contribution in [0.2, 0.25) is 0 Å². The van der Waals surface area contributed by atoms with Crippen LogP contribution < -0.4 is 5.32 Å². The van der Waals surface area contributed by atoms with Crippen molar-refractivity contribution in [3.8, 4) is 0 Å². The van der Waals surface area contributed by atoms with Crippen LogP contribution in [0.4, 0.5) is 0 Å². The van der Waals surface area contributed by atoms with Gasteiger partial charge in [0, 0.05) is 25.3 Å². The Bertz CT molecular complexity index is 347. The normalized spacial score (nSPS) is 20.4. The summed E-state index contributed by atoms with van der Waals surface area (Å²) in [5.74, 6) is 0. The average molecular weight is 247 g/mol. The van der Waals surface area contributed by atoms with Gasteiger partial charge in [0.1, 0.15) is 0 Å². The molecule has 1 saturated heterocycles. The molecule has 1 unspecified atom stereocenters. The van der Waals surface area contributed by atoms with E-state index in [2.05, 4.69) is 41.2 Å². The summed E-state index contributed by atoms with van der Waals surface area (Å²) in [5, 5.41) is 3.32. The number of nitrogens with one attached hydrogen (secondary N) is 1. The lowest BCUT2D eigenvalue weighted by atomic mass is 10.1. The molecular weight excluding hydrogens is 222 g/mol. The van der Waals surface area contributed by atoms with Crippen molar-refractivity contribution < 1.29 is 0 Å². The Kier molecular flexibility index (Phi) is 5.14. The zero-order valence-electron chi connectivity index (χ0n) is 11.7. The second kappa shape index (κ2) is 6.86. The van der Waals surface area contributed by atoms with E-state index in [-0.39, 0.29) is 0 Å². The van der Waals surface area contributed by atoms with Crippen LogP contribution in [0, 0.1) is 0 Å². The molecule has 1 aliphatic heterocycles. The maximum Gasteiger partial charge on any atom is 0.0544 e. The summed E-state index contributed by atoms with van der Waals surface area (Å²) < 4.78 is 0. The molecule has 0 amide bonds. The van der Waals surface area contributed by atoms with Crippen molar-refractivity contribution in [2.45, 2.75) is 52.2 Å². The van der Waals surface area contributed by atoms with E-state index in [0.717, 1.165) is 25.7 Å². The van der Waals surface area contributed by atoms with E-state index in [1.807, 2.05) is 6.20 Å². The van der Waals surface area contributed by atoms with E-state index in [1.54, 1.807) is 0 Å². The molecule has 1 fully saturated rings. The first-order chi connectivity index (χ1) is 8.83. The molecular formula is C15H25N3. The molecule has 1 aromatic heterocycles. The van der Waals surface area contributed by atoms with Gasteiger partial charge in [0.05, 0.1) is 5.69 Å². The van der Waals surface area contributed by atoms with Crippen LogP contribution in [0.1, 0.15) is 44.4 Å². The van der Waals surface area contributed by atoms with Gasteiger partial charge in [-0.15, -0.1) is 0 Å². The lowest BCUT2D eigenvalue weighted by Crippen LogP contribution is -2.28. The zero-order valence-corrected chi connectivity index (χ0v) is 11.7. The molecule has 1 aromatic rings. The first kappa shape index (κ1) is 13.5. The molecule has 100 valence electrons. The fraction of sp³-hybridized carbons (Fsp3) is 0.667. The number of likely N-dealkylation sites (tertiary alicyclic amines) is 1. The first-order valence-corrected chi connectivity index (χ1v) is 7.22. The maximum absolute atomic E-state index is 4.58. The van der Waals surface area contributed by atoms with Gasteiger partial charge < -0.3 is 5.32 Å². The van der Waals surface area contributed by atoms with Gasteiger partial charge in [-0.05, 0) is 44.0 Å². The molecule has 1 aliphatic rings. The van der Waals surface area contributed by atoms with Crippen molar-refractivity contribution in [3.05, 3.63) is 29.6 Å². The van der Waals surface area contributed by atoms with Crippen LogP contribution in [0.5, 0.6) is 0 Å². The third-order valence-corrected chi connectivity index (χ3v) is 3.80. The average Bonchev–Trinajstić information content (AvgIpc) is 2.85. The quantitative estimate of drug-likeness (QED) is 0.837. The van der Waals surface area contributed by atoms with Crippen molar-refractivity contribution in [2.24, 2.45) is 0 Å². The van der Waals surface area contributed by atoms with Crippen molar-refractivity contribution in [1.82, 2.24) is 15.2 Å². The molecule has 3 heteroatoms. The Hall–Kier alpha value is -0.930. The summed E-state index contributed by atoms with van der Waals surface area (Å²) in [6.07, 6.45) is 5.97. The number of nitrogens with zero attached hydrogens (tertiary/aromatic N) is 2. The van der Waals surface area contributed by atoms with Gasteiger partial charge in [-0.1, -0.05) is 19.9 Å². The Balaban J connectivity index is 1.89. The van der Waals surface area contributed by atoms with Gasteiger partial charge in [-0.25, -0.2) is 0 Å². The number of aromatic nitrogens is 1. The summed E-state index contributed by atoms with van der Waals surface area (Å²) in [5.41, 5.74) is 2.48. The molecule has 3 nitrogen and oxygen atoms in total. The topological polar surface area (TPSA) is 28.2 Å². The summed E-state index contributed by atoms with van der Waals surface area (Å²) in [4.78, 5) is 7.16. The summed E-state index contributed by atoms with van der Waals surface area (Å²) in [6.45, 7) is 8.59. The van der Waals surface area contributed by atoms with E-state index in [0.29, 0.717) is 0 Å². The largest absolute Gasteiger partial charge is 0.313 e. The monoisotopic (exact) mass is 247 g/mol. The number of rotatable bonds is 6. The SMILES string of the molecule is CCNCc1ccc(CN2CCCC2CC)nc1. The predicted octanol–water partition coefficient (Wildman–Crippen LogP) is 2.57. The van der Waals surface area contributed by atoms with Crippen LogP contribution in [0.15, 0.2) is 18.3 Å². The first-order valence-electron chi connectivity index (χ1n) is 7.22. The van der Waals surface area contributed by atoms with E-state index in [9.17, 15) is 0 Å². The number of hydrogen-bond acceptors (Lipinski definition) is 3. The van der Waals surface area contributed by atoms with Crippen LogP contribution in [0.25, 0.3) is 0 Å². The number of pyridine rings is 1. The Labute approximate surface area is 111 Å². The molecule has 1 atom stereocenters. The third kappa shape index (κ3) is 3.53. The highest BCUT2D eigenvalue weighted by Gasteiger charge is 2.22. The second-order valence-corrected chi connectivity index (χ2v) is 5.11. The van der Waals surface area contributed by atoms with Gasteiger partial charge >= 0.3 is 0 Å². The molecule has 2 rings (SSSR count). The van der Waals surface area contributed by atoms with Gasteiger partial charge in [-0.2, -0.15) is 0 Å². The molecule has 18 heavy (non-hydrogen) atoms. The highest BCUT2D eigenvalue weighted by Crippen LogP contribution is 2.21. The second-order valence-electron chi connectivity index (χ2n) is 5.11. The maximum atomic E-state index is 4.58. The Morgan fingerprint density at radius 3 is 2.94 bits per heavy atom. The van der Waals surface area contributed by atoms with Gasteiger partial charge in [-0.3, -0.25) is 9.88 Å². The van der Waals surface area contributed by atoms with E-state index >= 15 is 0 Å². The van der Waals surface area contributed by atoms with E-state index in [1.165, 1.54) is 37.1 Å². The van der Waals surface area contributed by atoms with Crippen LogP contribution >= 0.6 is 0 Å². The smallest absolute Gasteiger partial charge is 0.0544 e. The highest BCUT2D eigenvalue weighted by atomic mass is 15.2. The standard InChI is InChI=1S/C15H25N3/c1-3-15-6-5-9-18(15)12-14-8-7-13(11-17-14)10-16-4-2/h7-8,11,15-16H,3-6,9-10,12H2,1-2H3. The fourth-order valence-electron chi connectivity index (χ4n) is 2.70. The summed E-state index contributed by atoms with van der Waals surface area (Å²) >= 11 is 0. The molecule has 0 aliphatic carbocycles. The minimum absolute atomic E-state index is 0.772. The summed E-state index contributed by atoms with van der Waals surface area (Å²) in [6, 6.07) is 5.15. The van der Waals surface area contributed by atoms with Crippen molar-refractivity contribution >= 4 is 0 Å². The lowest BCUT2D eigenvalue weighted by molar-refractivity contribution is 0.237. The van der Waals surface area contributed by atoms with Gasteiger partial charge in [0.25, 0.3) is 0 Å². The van der Waals surface area contributed by atoms with Crippen molar-refractivity contribution in [3.63, 3.8) is 0 Å². The van der Waals surface area contributed by atoms with Gasteiger partial charge in [0.2, 0.25) is 0 Å².